The standard InChI is InChI=1S/C11H11BrN2/c12-7-1-2-8-9-6-13-4-3-10(9)14-11(8)5-7/h1-2,4-6,8,10-11,14H,3H2. The Morgan fingerprint density at radius 2 is 2.43 bits per heavy atom. The Hall–Kier alpha value is -0.670. The average molecular weight is 251 g/mol. The molecule has 2 aliphatic heterocycles. The first-order valence-electron chi connectivity index (χ1n) is 4.88. The van der Waals surface area contributed by atoms with Gasteiger partial charge in [-0.25, -0.2) is 0 Å². The molecule has 0 aromatic rings. The summed E-state index contributed by atoms with van der Waals surface area (Å²) in [6.45, 7) is 0. The quantitative estimate of drug-likeness (QED) is 0.700. The fourth-order valence-electron chi connectivity index (χ4n) is 2.36. The molecule has 3 aliphatic rings. The van der Waals surface area contributed by atoms with Crippen molar-refractivity contribution in [3.8, 4) is 0 Å². The SMILES string of the molecule is BrC1=CC2NC3CC=NC=C3C2C=C1. The number of nitrogens with zero attached hydrogens (tertiary/aromatic N) is 1. The molecule has 1 saturated heterocycles. The summed E-state index contributed by atoms with van der Waals surface area (Å²) in [6, 6.07) is 0.953. The Morgan fingerprint density at radius 1 is 1.50 bits per heavy atom. The minimum Gasteiger partial charge on any atom is -0.303 e. The van der Waals surface area contributed by atoms with Crippen LogP contribution in [0, 0.1) is 5.92 Å². The molecule has 0 saturated carbocycles. The number of halogens is 1. The first-order chi connectivity index (χ1) is 6.84. The molecular formula is C11H11BrN2. The van der Waals surface area contributed by atoms with Gasteiger partial charge in [-0.2, -0.15) is 0 Å². The van der Waals surface area contributed by atoms with E-state index in [1.165, 1.54) is 10.1 Å². The van der Waals surface area contributed by atoms with Gasteiger partial charge in [-0.05, 0) is 5.57 Å². The second-order valence-electron chi connectivity index (χ2n) is 3.88. The lowest BCUT2D eigenvalue weighted by Crippen LogP contribution is -2.30. The van der Waals surface area contributed by atoms with E-state index in [4.69, 9.17) is 0 Å². The molecule has 1 fully saturated rings. The highest BCUT2D eigenvalue weighted by molar-refractivity contribution is 9.11. The number of allylic oxidation sites excluding steroid dienone is 2. The van der Waals surface area contributed by atoms with Crippen LogP contribution >= 0.6 is 15.9 Å². The van der Waals surface area contributed by atoms with Crippen LogP contribution in [0.5, 0.6) is 0 Å². The van der Waals surface area contributed by atoms with Crippen LogP contribution in [0.1, 0.15) is 6.42 Å². The zero-order chi connectivity index (χ0) is 9.54. The Kier molecular flexibility index (Phi) is 1.96. The Bertz CT molecular complexity index is 379. The minimum absolute atomic E-state index is 0.451. The summed E-state index contributed by atoms with van der Waals surface area (Å²) < 4.78 is 1.17. The van der Waals surface area contributed by atoms with Gasteiger partial charge in [-0.3, -0.25) is 4.99 Å². The second kappa shape index (κ2) is 3.17. The van der Waals surface area contributed by atoms with Crippen molar-refractivity contribution in [2.24, 2.45) is 10.9 Å². The maximum absolute atomic E-state index is 4.24. The number of hydrogen-bond acceptors (Lipinski definition) is 2. The van der Waals surface area contributed by atoms with Gasteiger partial charge in [-0.1, -0.05) is 34.2 Å². The first-order valence-corrected chi connectivity index (χ1v) is 5.67. The molecule has 0 aromatic carbocycles. The van der Waals surface area contributed by atoms with Crippen molar-refractivity contribution in [1.29, 1.82) is 0 Å². The fraction of sp³-hybridized carbons (Fsp3) is 0.364. The van der Waals surface area contributed by atoms with Crippen LogP contribution in [0.4, 0.5) is 0 Å². The predicted octanol–water partition coefficient (Wildman–Crippen LogP) is 2.15. The zero-order valence-corrected chi connectivity index (χ0v) is 9.24. The lowest BCUT2D eigenvalue weighted by atomic mass is 9.89. The van der Waals surface area contributed by atoms with Crippen molar-refractivity contribution in [2.75, 3.05) is 0 Å². The van der Waals surface area contributed by atoms with Crippen molar-refractivity contribution >= 4 is 22.1 Å². The van der Waals surface area contributed by atoms with Crippen molar-refractivity contribution in [1.82, 2.24) is 5.32 Å². The fourth-order valence-corrected chi connectivity index (χ4v) is 2.80. The van der Waals surface area contributed by atoms with Gasteiger partial charge in [0.2, 0.25) is 0 Å². The smallest absolute Gasteiger partial charge is 0.0371 e. The highest BCUT2D eigenvalue weighted by atomic mass is 79.9. The lowest BCUT2D eigenvalue weighted by Gasteiger charge is -2.17. The summed E-state index contributed by atoms with van der Waals surface area (Å²) in [4.78, 5) is 4.24. The number of aliphatic imine (C=N–C) groups is 1. The molecule has 1 aliphatic carbocycles. The maximum atomic E-state index is 4.24. The summed E-state index contributed by atoms with van der Waals surface area (Å²) >= 11 is 3.51. The van der Waals surface area contributed by atoms with Crippen molar-refractivity contribution < 1.29 is 0 Å². The summed E-state index contributed by atoms with van der Waals surface area (Å²) in [5.74, 6) is 0.513. The number of nitrogens with one attached hydrogen (secondary N) is 1. The van der Waals surface area contributed by atoms with Crippen LogP contribution in [-0.4, -0.2) is 18.3 Å². The average Bonchev–Trinajstić information content (AvgIpc) is 2.54. The largest absolute Gasteiger partial charge is 0.303 e. The normalized spacial score (nSPS) is 38.8. The lowest BCUT2D eigenvalue weighted by molar-refractivity contribution is 0.594. The van der Waals surface area contributed by atoms with Crippen LogP contribution in [0.3, 0.4) is 0 Å². The molecule has 3 rings (SSSR count). The molecule has 2 nitrogen and oxygen atoms in total. The van der Waals surface area contributed by atoms with E-state index in [0.717, 1.165) is 6.42 Å². The van der Waals surface area contributed by atoms with Gasteiger partial charge in [0.15, 0.2) is 0 Å². The van der Waals surface area contributed by atoms with E-state index < -0.39 is 0 Å². The van der Waals surface area contributed by atoms with Crippen molar-refractivity contribution in [2.45, 2.75) is 18.5 Å². The molecule has 1 N–H and O–H groups in total. The molecule has 3 heteroatoms. The predicted molar refractivity (Wildman–Crippen MR) is 61.5 cm³/mol. The molecule has 3 atom stereocenters. The highest BCUT2D eigenvalue weighted by Crippen LogP contribution is 2.35. The van der Waals surface area contributed by atoms with Crippen molar-refractivity contribution in [3.05, 3.63) is 34.5 Å². The van der Waals surface area contributed by atoms with Gasteiger partial charge in [-0.15, -0.1) is 0 Å². The van der Waals surface area contributed by atoms with E-state index in [1.54, 1.807) is 0 Å². The Balaban J connectivity index is 1.97. The molecule has 14 heavy (non-hydrogen) atoms. The highest BCUT2D eigenvalue weighted by Gasteiger charge is 2.37. The third-order valence-corrected chi connectivity index (χ3v) is 3.57. The third kappa shape index (κ3) is 1.23. The van der Waals surface area contributed by atoms with Crippen molar-refractivity contribution in [3.63, 3.8) is 0 Å². The molecule has 0 radical (unpaired) electrons. The van der Waals surface area contributed by atoms with Gasteiger partial charge in [0, 0.05) is 41.3 Å². The molecule has 0 amide bonds. The zero-order valence-electron chi connectivity index (χ0n) is 7.65. The molecule has 0 aromatic heterocycles. The van der Waals surface area contributed by atoms with Crippen LogP contribution < -0.4 is 5.32 Å². The van der Waals surface area contributed by atoms with Crippen LogP contribution in [0.25, 0.3) is 0 Å². The van der Waals surface area contributed by atoms with Crippen LogP contribution in [-0.2, 0) is 0 Å². The Labute approximate surface area is 91.6 Å². The van der Waals surface area contributed by atoms with E-state index >= 15 is 0 Å². The van der Waals surface area contributed by atoms with E-state index in [2.05, 4.69) is 44.5 Å². The van der Waals surface area contributed by atoms with Gasteiger partial charge < -0.3 is 5.32 Å². The van der Waals surface area contributed by atoms with E-state index in [9.17, 15) is 0 Å². The van der Waals surface area contributed by atoms with E-state index in [0.29, 0.717) is 18.0 Å². The van der Waals surface area contributed by atoms with Crippen LogP contribution in [0.15, 0.2) is 39.5 Å². The maximum Gasteiger partial charge on any atom is 0.0371 e. The molecule has 72 valence electrons. The minimum atomic E-state index is 0.451. The Morgan fingerprint density at radius 3 is 3.36 bits per heavy atom. The van der Waals surface area contributed by atoms with Gasteiger partial charge >= 0.3 is 0 Å². The number of fused-ring (bicyclic) bond motifs is 3. The van der Waals surface area contributed by atoms with Gasteiger partial charge in [0.1, 0.15) is 0 Å². The van der Waals surface area contributed by atoms with E-state index in [1.807, 2.05) is 12.4 Å². The summed E-state index contributed by atoms with van der Waals surface area (Å²) in [7, 11) is 0. The molecule has 3 unspecified atom stereocenters. The van der Waals surface area contributed by atoms with E-state index in [-0.39, 0.29) is 0 Å². The molecule has 0 spiro atoms. The summed E-state index contributed by atoms with van der Waals surface area (Å²) in [5, 5.41) is 3.61. The molecule has 0 bridgehead atoms. The third-order valence-electron chi connectivity index (χ3n) is 3.04. The van der Waals surface area contributed by atoms with Gasteiger partial charge in [0.05, 0.1) is 0 Å². The first kappa shape index (κ1) is 8.62. The number of hydrogen-bond donors (Lipinski definition) is 1. The monoisotopic (exact) mass is 250 g/mol. The topological polar surface area (TPSA) is 24.4 Å². The van der Waals surface area contributed by atoms with Crippen LogP contribution in [0.2, 0.25) is 0 Å². The molecular weight excluding hydrogens is 240 g/mol. The van der Waals surface area contributed by atoms with Gasteiger partial charge in [0.25, 0.3) is 0 Å². The molecule has 2 heterocycles. The summed E-state index contributed by atoms with van der Waals surface area (Å²) in [6.07, 6.45) is 11.7. The number of rotatable bonds is 0. The second-order valence-corrected chi connectivity index (χ2v) is 4.79. The summed E-state index contributed by atoms with van der Waals surface area (Å²) in [5.41, 5.74) is 1.44.